The number of hydrogen-bond donors (Lipinski definition) is 4. The van der Waals surface area contributed by atoms with Crippen molar-refractivity contribution in [1.29, 1.82) is 0 Å². The molecule has 4 N–H and O–H groups in total. The SMILES string of the molecule is CCCCCCCCNC(=O)OCC(CSCC(NC(=O)OCc1ccccc1)C(=O)O)OC(=O)NCCCCCCCC. The molecule has 0 aliphatic carbocycles. The van der Waals surface area contributed by atoms with E-state index in [0.29, 0.717) is 13.1 Å². The van der Waals surface area contributed by atoms with Gasteiger partial charge in [0.2, 0.25) is 0 Å². The number of thioether (sulfide) groups is 1. The van der Waals surface area contributed by atoms with Gasteiger partial charge in [0, 0.05) is 24.6 Å². The van der Waals surface area contributed by atoms with E-state index in [9.17, 15) is 24.3 Å². The van der Waals surface area contributed by atoms with Crippen LogP contribution >= 0.6 is 11.8 Å². The normalized spacial score (nSPS) is 12.0. The van der Waals surface area contributed by atoms with Crippen molar-refractivity contribution in [2.75, 3.05) is 31.2 Å². The molecule has 0 aliphatic heterocycles. The second kappa shape index (κ2) is 26.3. The van der Waals surface area contributed by atoms with Gasteiger partial charge >= 0.3 is 24.2 Å². The van der Waals surface area contributed by atoms with Crippen molar-refractivity contribution >= 4 is 36.0 Å². The number of carbonyl (C=O) groups excluding carboxylic acids is 3. The Hall–Kier alpha value is -3.15. The van der Waals surface area contributed by atoms with Crippen LogP contribution in [0.5, 0.6) is 0 Å². The Morgan fingerprint density at radius 2 is 1.30 bits per heavy atom. The van der Waals surface area contributed by atoms with Crippen molar-refractivity contribution < 1.29 is 38.5 Å². The van der Waals surface area contributed by atoms with Crippen molar-refractivity contribution in [3.63, 3.8) is 0 Å². The summed E-state index contributed by atoms with van der Waals surface area (Å²) in [6.45, 7) is 5.11. The zero-order valence-electron chi connectivity index (χ0n) is 26.5. The van der Waals surface area contributed by atoms with Crippen LogP contribution in [0.2, 0.25) is 0 Å². The Kier molecular flexibility index (Phi) is 23.2. The molecule has 1 aromatic carbocycles. The molecule has 0 heterocycles. The molecule has 1 rings (SSSR count). The number of benzene rings is 1. The average Bonchev–Trinajstić information content (AvgIpc) is 3.01. The molecule has 0 saturated heterocycles. The van der Waals surface area contributed by atoms with Gasteiger partial charge in [0.25, 0.3) is 0 Å². The Balaban J connectivity index is 2.52. The molecule has 12 heteroatoms. The number of unbranched alkanes of at least 4 members (excludes halogenated alkanes) is 10. The van der Waals surface area contributed by atoms with E-state index in [1.54, 1.807) is 12.1 Å². The molecule has 0 aliphatic rings. The van der Waals surface area contributed by atoms with Gasteiger partial charge in [0.15, 0.2) is 0 Å². The summed E-state index contributed by atoms with van der Waals surface area (Å²) >= 11 is 1.15. The summed E-state index contributed by atoms with van der Waals surface area (Å²) in [5.41, 5.74) is 0.773. The molecule has 2 atom stereocenters. The second-order valence-corrected chi connectivity index (χ2v) is 11.7. The summed E-state index contributed by atoms with van der Waals surface area (Å²) < 4.78 is 15.9. The molecular formula is C32H53N3O8S. The molecule has 0 spiro atoms. The number of nitrogens with one attached hydrogen (secondary N) is 3. The smallest absolute Gasteiger partial charge is 0.408 e. The summed E-state index contributed by atoms with van der Waals surface area (Å²) in [5.74, 6) is -1.09. The predicted octanol–water partition coefficient (Wildman–Crippen LogP) is 6.64. The third-order valence-corrected chi connectivity index (χ3v) is 7.84. The van der Waals surface area contributed by atoms with Gasteiger partial charge in [-0.3, -0.25) is 0 Å². The van der Waals surface area contributed by atoms with Crippen molar-refractivity contribution in [1.82, 2.24) is 16.0 Å². The van der Waals surface area contributed by atoms with E-state index in [-0.39, 0.29) is 24.7 Å². The quantitative estimate of drug-likeness (QED) is 0.0681. The first-order chi connectivity index (χ1) is 21.3. The lowest BCUT2D eigenvalue weighted by Crippen LogP contribution is -2.43. The van der Waals surface area contributed by atoms with Gasteiger partial charge in [-0.2, -0.15) is 11.8 Å². The molecule has 3 amide bonds. The van der Waals surface area contributed by atoms with Crippen LogP contribution in [0.4, 0.5) is 14.4 Å². The lowest BCUT2D eigenvalue weighted by Gasteiger charge is -2.20. The number of carbonyl (C=O) groups is 4. The molecule has 0 aromatic heterocycles. The van der Waals surface area contributed by atoms with Crippen LogP contribution in [0.25, 0.3) is 0 Å². The maximum Gasteiger partial charge on any atom is 0.408 e. The number of alkyl carbamates (subject to hydrolysis) is 3. The van der Waals surface area contributed by atoms with E-state index < -0.39 is 36.4 Å². The van der Waals surface area contributed by atoms with E-state index >= 15 is 0 Å². The maximum atomic E-state index is 12.4. The van der Waals surface area contributed by atoms with E-state index in [2.05, 4.69) is 29.8 Å². The fourth-order valence-corrected chi connectivity index (χ4v) is 5.14. The molecule has 11 nitrogen and oxygen atoms in total. The highest BCUT2D eigenvalue weighted by Gasteiger charge is 2.23. The van der Waals surface area contributed by atoms with Crippen molar-refractivity contribution in [2.45, 2.75) is 110 Å². The zero-order valence-corrected chi connectivity index (χ0v) is 27.3. The van der Waals surface area contributed by atoms with Gasteiger partial charge in [0.1, 0.15) is 25.4 Å². The summed E-state index contributed by atoms with van der Waals surface area (Å²) in [7, 11) is 0. The van der Waals surface area contributed by atoms with Crippen LogP contribution in [-0.4, -0.2) is 72.7 Å². The first-order valence-electron chi connectivity index (χ1n) is 16.0. The molecule has 0 bridgehead atoms. The van der Waals surface area contributed by atoms with Crippen LogP contribution < -0.4 is 16.0 Å². The zero-order chi connectivity index (χ0) is 32.3. The largest absolute Gasteiger partial charge is 0.480 e. The van der Waals surface area contributed by atoms with Crippen molar-refractivity contribution in [3.05, 3.63) is 35.9 Å². The molecule has 0 saturated carbocycles. The standard InChI is InChI=1S/C32H53N3O8S/c1-3-5-7-9-11-16-20-33-30(38)42-23-27(43-31(39)34-21-17-12-10-8-6-4-2)24-44-25-28(29(36)37)35-32(40)41-22-26-18-14-13-15-19-26/h13-15,18-19,27-28H,3-12,16-17,20-25H2,1-2H3,(H,33,38)(H,34,39)(H,35,40)(H,36,37). The highest BCUT2D eigenvalue weighted by molar-refractivity contribution is 7.99. The number of ether oxygens (including phenoxy) is 3. The summed E-state index contributed by atoms with van der Waals surface area (Å²) in [6, 6.07) is 7.81. The van der Waals surface area contributed by atoms with Crippen molar-refractivity contribution in [3.8, 4) is 0 Å². The minimum Gasteiger partial charge on any atom is -0.480 e. The van der Waals surface area contributed by atoms with Crippen LogP contribution in [0, 0.1) is 0 Å². The molecule has 0 fully saturated rings. The van der Waals surface area contributed by atoms with Gasteiger partial charge in [-0.05, 0) is 18.4 Å². The van der Waals surface area contributed by atoms with Crippen LogP contribution in [0.3, 0.4) is 0 Å². The highest BCUT2D eigenvalue weighted by atomic mass is 32.2. The Labute approximate surface area is 266 Å². The fourth-order valence-electron chi connectivity index (χ4n) is 4.12. The topological polar surface area (TPSA) is 152 Å². The van der Waals surface area contributed by atoms with Crippen LogP contribution in [0.15, 0.2) is 30.3 Å². The second-order valence-electron chi connectivity index (χ2n) is 10.6. The van der Waals surface area contributed by atoms with Gasteiger partial charge in [-0.1, -0.05) is 108 Å². The summed E-state index contributed by atoms with van der Waals surface area (Å²) in [4.78, 5) is 48.6. The van der Waals surface area contributed by atoms with E-state index in [4.69, 9.17) is 14.2 Å². The van der Waals surface area contributed by atoms with E-state index in [1.807, 2.05) is 18.2 Å². The van der Waals surface area contributed by atoms with E-state index in [0.717, 1.165) is 55.9 Å². The minimum absolute atomic E-state index is 0.00812. The van der Waals surface area contributed by atoms with Gasteiger partial charge in [0.05, 0.1) is 0 Å². The fraction of sp³-hybridized carbons (Fsp3) is 0.688. The Morgan fingerprint density at radius 1 is 0.727 bits per heavy atom. The number of carboxylic acids is 1. The maximum absolute atomic E-state index is 12.4. The van der Waals surface area contributed by atoms with Crippen LogP contribution in [0.1, 0.15) is 96.5 Å². The molecule has 0 radical (unpaired) electrons. The number of rotatable bonds is 25. The van der Waals surface area contributed by atoms with Gasteiger partial charge in [-0.15, -0.1) is 0 Å². The molecule has 2 unspecified atom stereocenters. The number of amides is 3. The van der Waals surface area contributed by atoms with Crippen molar-refractivity contribution in [2.24, 2.45) is 0 Å². The molecular weight excluding hydrogens is 586 g/mol. The number of hydrogen-bond acceptors (Lipinski definition) is 8. The number of carboxylic acid groups (broad SMARTS) is 1. The Bertz CT molecular complexity index is 922. The number of aliphatic carboxylic acids is 1. The highest BCUT2D eigenvalue weighted by Crippen LogP contribution is 2.11. The predicted molar refractivity (Wildman–Crippen MR) is 173 cm³/mol. The third-order valence-electron chi connectivity index (χ3n) is 6.66. The summed E-state index contributed by atoms with van der Waals surface area (Å²) in [6.07, 6.45) is 10.2. The van der Waals surface area contributed by atoms with E-state index in [1.165, 1.54) is 38.5 Å². The first-order valence-corrected chi connectivity index (χ1v) is 17.1. The lowest BCUT2D eigenvalue weighted by molar-refractivity contribution is -0.138. The minimum atomic E-state index is -1.23. The van der Waals surface area contributed by atoms with Crippen LogP contribution in [-0.2, 0) is 25.6 Å². The molecule has 1 aromatic rings. The molecule has 250 valence electrons. The summed E-state index contributed by atoms with van der Waals surface area (Å²) in [5, 5.41) is 17.4. The Morgan fingerprint density at radius 3 is 1.89 bits per heavy atom. The van der Waals surface area contributed by atoms with Gasteiger partial charge in [-0.25, -0.2) is 19.2 Å². The average molecular weight is 640 g/mol. The first kappa shape index (κ1) is 38.9. The molecule has 44 heavy (non-hydrogen) atoms. The third kappa shape index (κ3) is 21.5. The van der Waals surface area contributed by atoms with Gasteiger partial charge < -0.3 is 35.3 Å². The lowest BCUT2D eigenvalue weighted by atomic mass is 10.1. The monoisotopic (exact) mass is 639 g/mol.